The molecule has 2 rings (SSSR count). The van der Waals surface area contributed by atoms with Crippen LogP contribution in [0, 0.1) is 5.92 Å². The lowest BCUT2D eigenvalue weighted by atomic mass is 9.91. The quantitative estimate of drug-likeness (QED) is 0.519. The third-order valence-electron chi connectivity index (χ3n) is 6.09. The van der Waals surface area contributed by atoms with Crippen molar-refractivity contribution in [3.8, 4) is 0 Å². The minimum Gasteiger partial charge on any atom is -0.314 e. The lowest BCUT2D eigenvalue weighted by molar-refractivity contribution is 0.159. The zero-order valence-electron chi connectivity index (χ0n) is 17.9. The minimum absolute atomic E-state index is 0.617. The SMILES string of the molecule is CC(C)NCCCN1CCCC(CC(C)NCCCN2CCCCC2)C1. The highest BCUT2D eigenvalue weighted by molar-refractivity contribution is 4.77. The number of likely N-dealkylation sites (tertiary alicyclic amines) is 2. The smallest absolute Gasteiger partial charge is 0.00418 e. The van der Waals surface area contributed by atoms with Gasteiger partial charge in [0, 0.05) is 18.6 Å². The van der Waals surface area contributed by atoms with Crippen molar-refractivity contribution in [2.45, 2.75) is 84.2 Å². The van der Waals surface area contributed by atoms with Crippen molar-refractivity contribution in [2.75, 3.05) is 52.4 Å². The van der Waals surface area contributed by atoms with Crippen LogP contribution in [-0.4, -0.2) is 74.2 Å². The largest absolute Gasteiger partial charge is 0.314 e. The van der Waals surface area contributed by atoms with E-state index >= 15 is 0 Å². The van der Waals surface area contributed by atoms with Crippen LogP contribution in [0.5, 0.6) is 0 Å². The van der Waals surface area contributed by atoms with Gasteiger partial charge >= 0.3 is 0 Å². The molecule has 4 heteroatoms. The lowest BCUT2D eigenvalue weighted by Crippen LogP contribution is -2.40. The van der Waals surface area contributed by atoms with Gasteiger partial charge in [-0.3, -0.25) is 0 Å². The Labute approximate surface area is 163 Å². The predicted octanol–water partition coefficient (Wildman–Crippen LogP) is 3.33. The Hall–Kier alpha value is -0.160. The van der Waals surface area contributed by atoms with E-state index in [1.807, 2.05) is 0 Å². The maximum absolute atomic E-state index is 3.79. The molecule has 2 atom stereocenters. The molecule has 0 aromatic carbocycles. The molecule has 2 N–H and O–H groups in total. The summed E-state index contributed by atoms with van der Waals surface area (Å²) in [6.07, 6.45) is 11.0. The van der Waals surface area contributed by atoms with Gasteiger partial charge in [-0.05, 0) is 104 Å². The van der Waals surface area contributed by atoms with E-state index < -0.39 is 0 Å². The van der Waals surface area contributed by atoms with Crippen LogP contribution in [0.3, 0.4) is 0 Å². The molecular formula is C22H46N4. The van der Waals surface area contributed by atoms with Crippen LogP contribution in [0.2, 0.25) is 0 Å². The zero-order chi connectivity index (χ0) is 18.6. The fourth-order valence-corrected chi connectivity index (χ4v) is 4.66. The van der Waals surface area contributed by atoms with Crippen molar-refractivity contribution < 1.29 is 0 Å². The fourth-order valence-electron chi connectivity index (χ4n) is 4.66. The summed E-state index contributed by atoms with van der Waals surface area (Å²) in [6, 6.07) is 1.29. The van der Waals surface area contributed by atoms with E-state index in [4.69, 9.17) is 0 Å². The van der Waals surface area contributed by atoms with E-state index in [2.05, 4.69) is 41.2 Å². The molecule has 2 aliphatic rings. The number of nitrogens with one attached hydrogen (secondary N) is 2. The summed E-state index contributed by atoms with van der Waals surface area (Å²) in [5.74, 6) is 0.895. The van der Waals surface area contributed by atoms with Crippen molar-refractivity contribution in [2.24, 2.45) is 5.92 Å². The number of rotatable bonds is 12. The molecule has 0 aliphatic carbocycles. The molecule has 26 heavy (non-hydrogen) atoms. The number of hydrogen-bond acceptors (Lipinski definition) is 4. The second-order valence-corrected chi connectivity index (χ2v) is 9.12. The van der Waals surface area contributed by atoms with E-state index in [0.717, 1.165) is 12.5 Å². The molecule has 0 radical (unpaired) electrons. The van der Waals surface area contributed by atoms with Crippen LogP contribution in [-0.2, 0) is 0 Å². The number of piperidine rings is 2. The number of hydrogen-bond donors (Lipinski definition) is 2. The van der Waals surface area contributed by atoms with Gasteiger partial charge in [-0.2, -0.15) is 0 Å². The highest BCUT2D eigenvalue weighted by atomic mass is 15.1. The summed E-state index contributed by atoms with van der Waals surface area (Å²) in [5, 5.41) is 7.33. The molecular weight excluding hydrogens is 320 g/mol. The van der Waals surface area contributed by atoms with Gasteiger partial charge in [0.1, 0.15) is 0 Å². The molecule has 0 bridgehead atoms. The molecule has 0 amide bonds. The van der Waals surface area contributed by atoms with Gasteiger partial charge in [-0.15, -0.1) is 0 Å². The van der Waals surface area contributed by atoms with Crippen molar-refractivity contribution in [1.29, 1.82) is 0 Å². The third kappa shape index (κ3) is 9.68. The molecule has 4 nitrogen and oxygen atoms in total. The van der Waals surface area contributed by atoms with Gasteiger partial charge in [-0.25, -0.2) is 0 Å². The topological polar surface area (TPSA) is 30.5 Å². The normalized spacial score (nSPS) is 24.2. The maximum Gasteiger partial charge on any atom is 0.00418 e. The first kappa shape index (κ1) is 22.1. The summed E-state index contributed by atoms with van der Waals surface area (Å²) < 4.78 is 0. The standard InChI is InChI=1S/C22H46N4/c1-20(2)23-11-8-17-26-15-7-10-22(19-26)18-21(3)24-12-9-16-25-13-5-4-6-14-25/h20-24H,4-19H2,1-3H3. The van der Waals surface area contributed by atoms with Gasteiger partial charge in [0.25, 0.3) is 0 Å². The Kier molecular flexibility index (Phi) is 11.1. The molecule has 0 aromatic heterocycles. The van der Waals surface area contributed by atoms with Crippen molar-refractivity contribution in [3.05, 3.63) is 0 Å². The summed E-state index contributed by atoms with van der Waals surface area (Å²) in [7, 11) is 0. The average Bonchev–Trinajstić information content (AvgIpc) is 2.63. The molecule has 2 fully saturated rings. The van der Waals surface area contributed by atoms with Crippen LogP contribution in [0.1, 0.15) is 72.1 Å². The first-order chi connectivity index (χ1) is 12.6. The Morgan fingerprint density at radius 2 is 1.46 bits per heavy atom. The van der Waals surface area contributed by atoms with Gasteiger partial charge in [0.05, 0.1) is 0 Å². The summed E-state index contributed by atoms with van der Waals surface area (Å²) in [5.41, 5.74) is 0. The molecule has 2 unspecified atom stereocenters. The molecule has 0 saturated carbocycles. The van der Waals surface area contributed by atoms with Crippen molar-refractivity contribution in [3.63, 3.8) is 0 Å². The van der Waals surface area contributed by atoms with E-state index in [9.17, 15) is 0 Å². The first-order valence-electron chi connectivity index (χ1n) is 11.5. The number of nitrogens with zero attached hydrogens (tertiary/aromatic N) is 2. The first-order valence-corrected chi connectivity index (χ1v) is 11.5. The summed E-state index contributed by atoms with van der Waals surface area (Å²) >= 11 is 0. The van der Waals surface area contributed by atoms with Gasteiger partial charge in [0.15, 0.2) is 0 Å². The molecule has 0 spiro atoms. The third-order valence-corrected chi connectivity index (χ3v) is 6.09. The van der Waals surface area contributed by atoms with Crippen molar-refractivity contribution >= 4 is 0 Å². The predicted molar refractivity (Wildman–Crippen MR) is 114 cm³/mol. The highest BCUT2D eigenvalue weighted by Gasteiger charge is 2.21. The highest BCUT2D eigenvalue weighted by Crippen LogP contribution is 2.21. The van der Waals surface area contributed by atoms with Crippen LogP contribution < -0.4 is 10.6 Å². The van der Waals surface area contributed by atoms with Gasteiger partial charge < -0.3 is 20.4 Å². The van der Waals surface area contributed by atoms with E-state index in [0.29, 0.717) is 12.1 Å². The molecule has 0 aromatic rings. The van der Waals surface area contributed by atoms with Gasteiger partial charge in [0.2, 0.25) is 0 Å². The Balaban J connectivity index is 1.51. The van der Waals surface area contributed by atoms with E-state index in [1.165, 1.54) is 97.2 Å². The Morgan fingerprint density at radius 3 is 2.19 bits per heavy atom. The van der Waals surface area contributed by atoms with Crippen LogP contribution in [0.25, 0.3) is 0 Å². The minimum atomic E-state index is 0.617. The second-order valence-electron chi connectivity index (χ2n) is 9.12. The maximum atomic E-state index is 3.79. The average molecular weight is 367 g/mol. The fraction of sp³-hybridized carbons (Fsp3) is 1.00. The molecule has 2 aliphatic heterocycles. The molecule has 154 valence electrons. The van der Waals surface area contributed by atoms with Crippen LogP contribution in [0.15, 0.2) is 0 Å². The Bertz CT molecular complexity index is 341. The zero-order valence-corrected chi connectivity index (χ0v) is 17.9. The van der Waals surface area contributed by atoms with Gasteiger partial charge in [-0.1, -0.05) is 20.3 Å². The summed E-state index contributed by atoms with van der Waals surface area (Å²) in [4.78, 5) is 5.36. The summed E-state index contributed by atoms with van der Waals surface area (Å²) in [6.45, 7) is 17.1. The van der Waals surface area contributed by atoms with Crippen LogP contribution >= 0.6 is 0 Å². The lowest BCUT2D eigenvalue weighted by Gasteiger charge is -2.34. The molecule has 2 heterocycles. The molecule has 2 saturated heterocycles. The van der Waals surface area contributed by atoms with E-state index in [1.54, 1.807) is 0 Å². The second kappa shape index (κ2) is 13.1. The van der Waals surface area contributed by atoms with Crippen LogP contribution in [0.4, 0.5) is 0 Å². The van der Waals surface area contributed by atoms with Crippen molar-refractivity contribution in [1.82, 2.24) is 20.4 Å². The Morgan fingerprint density at radius 1 is 0.808 bits per heavy atom. The van der Waals surface area contributed by atoms with E-state index in [-0.39, 0.29) is 0 Å². The monoisotopic (exact) mass is 366 g/mol.